The van der Waals surface area contributed by atoms with Gasteiger partial charge < -0.3 is 5.73 Å². The van der Waals surface area contributed by atoms with Crippen LogP contribution in [0.5, 0.6) is 0 Å². The van der Waals surface area contributed by atoms with E-state index in [1.165, 1.54) is 23.5 Å². The Kier molecular flexibility index (Phi) is 4.20. The van der Waals surface area contributed by atoms with E-state index in [-0.39, 0.29) is 12.4 Å². The average molecular weight is 263 g/mol. The van der Waals surface area contributed by atoms with Gasteiger partial charge in [0.1, 0.15) is 11.6 Å². The van der Waals surface area contributed by atoms with E-state index >= 15 is 0 Å². The molecule has 0 unspecified atom stereocenters. The summed E-state index contributed by atoms with van der Waals surface area (Å²) < 4.78 is 25.9. The van der Waals surface area contributed by atoms with Gasteiger partial charge in [-0.05, 0) is 11.6 Å². The quantitative estimate of drug-likeness (QED) is 0.904. The predicted molar refractivity (Wildman–Crippen MR) is 62.9 cm³/mol. The molecule has 6 heteroatoms. The van der Waals surface area contributed by atoms with Crippen molar-refractivity contribution < 1.29 is 8.78 Å². The molecular weight excluding hydrogens is 254 g/mol. The van der Waals surface area contributed by atoms with Crippen molar-refractivity contribution in [1.29, 1.82) is 0 Å². The van der Waals surface area contributed by atoms with Crippen molar-refractivity contribution in [2.75, 3.05) is 5.73 Å². The lowest BCUT2D eigenvalue weighted by molar-refractivity contribution is 0.575. The second kappa shape index (κ2) is 5.23. The van der Waals surface area contributed by atoms with Gasteiger partial charge in [0.2, 0.25) is 0 Å². The second-order valence-corrected chi connectivity index (χ2v) is 4.22. The third-order valence-electron chi connectivity index (χ3n) is 1.95. The van der Waals surface area contributed by atoms with Crippen LogP contribution in [0.25, 0.3) is 0 Å². The molecule has 0 amide bonds. The minimum atomic E-state index is -0.569. The maximum Gasteiger partial charge on any atom is 0.180 e. The zero-order chi connectivity index (χ0) is 10.8. The molecule has 0 radical (unpaired) electrons. The first-order valence-electron chi connectivity index (χ1n) is 4.29. The summed E-state index contributed by atoms with van der Waals surface area (Å²) in [4.78, 5) is 4.72. The third kappa shape index (κ3) is 2.90. The smallest absolute Gasteiger partial charge is 0.180 e. The van der Waals surface area contributed by atoms with E-state index in [0.717, 1.165) is 10.9 Å². The summed E-state index contributed by atoms with van der Waals surface area (Å²) in [7, 11) is 0. The monoisotopic (exact) mass is 262 g/mol. The van der Waals surface area contributed by atoms with Crippen molar-refractivity contribution in [3.05, 3.63) is 46.5 Å². The summed E-state index contributed by atoms with van der Waals surface area (Å²) in [5, 5.41) is 0.451. The van der Waals surface area contributed by atoms with E-state index in [4.69, 9.17) is 5.73 Å². The number of nitrogens with zero attached hydrogens (tertiary/aromatic N) is 1. The number of thiazole rings is 1. The van der Waals surface area contributed by atoms with Crippen LogP contribution in [0.3, 0.4) is 0 Å². The van der Waals surface area contributed by atoms with Gasteiger partial charge in [-0.25, -0.2) is 13.8 Å². The molecule has 1 heterocycles. The van der Waals surface area contributed by atoms with Crippen LogP contribution in [-0.4, -0.2) is 4.98 Å². The second-order valence-electron chi connectivity index (χ2n) is 3.08. The minimum Gasteiger partial charge on any atom is -0.375 e. The molecule has 2 N–H and O–H groups in total. The molecule has 0 bridgehead atoms. The molecule has 16 heavy (non-hydrogen) atoms. The molecule has 2 rings (SSSR count). The number of hydrogen-bond acceptors (Lipinski definition) is 3. The molecular formula is C10H9ClF2N2S. The van der Waals surface area contributed by atoms with Crippen LogP contribution in [0.2, 0.25) is 0 Å². The fourth-order valence-corrected chi connectivity index (χ4v) is 1.96. The van der Waals surface area contributed by atoms with Crippen molar-refractivity contribution in [2.45, 2.75) is 6.42 Å². The topological polar surface area (TPSA) is 38.9 Å². The number of anilines is 1. The van der Waals surface area contributed by atoms with Crippen molar-refractivity contribution in [2.24, 2.45) is 0 Å². The fourth-order valence-electron chi connectivity index (χ4n) is 1.26. The third-order valence-corrected chi connectivity index (χ3v) is 2.78. The van der Waals surface area contributed by atoms with E-state index < -0.39 is 11.6 Å². The van der Waals surface area contributed by atoms with Gasteiger partial charge in [0.05, 0.1) is 0 Å². The van der Waals surface area contributed by atoms with Gasteiger partial charge in [0.25, 0.3) is 0 Å². The summed E-state index contributed by atoms with van der Waals surface area (Å²) in [5.41, 5.74) is 5.89. The summed E-state index contributed by atoms with van der Waals surface area (Å²) in [5.74, 6) is -1.11. The first kappa shape index (κ1) is 12.9. The van der Waals surface area contributed by atoms with Gasteiger partial charge in [-0.3, -0.25) is 0 Å². The number of aromatic nitrogens is 1. The number of nitrogens with two attached hydrogens (primary N) is 1. The minimum absolute atomic E-state index is 0. The zero-order valence-corrected chi connectivity index (χ0v) is 9.75. The molecule has 0 saturated carbocycles. The predicted octanol–water partition coefficient (Wildman–Crippen LogP) is 3.02. The Morgan fingerprint density at radius 3 is 2.62 bits per heavy atom. The Morgan fingerprint density at radius 1 is 1.31 bits per heavy atom. The maximum absolute atomic E-state index is 13.3. The van der Waals surface area contributed by atoms with Crippen LogP contribution in [0.1, 0.15) is 10.4 Å². The van der Waals surface area contributed by atoms with Crippen LogP contribution < -0.4 is 5.73 Å². The van der Waals surface area contributed by atoms with E-state index in [2.05, 4.69) is 4.98 Å². The van der Waals surface area contributed by atoms with Crippen molar-refractivity contribution in [3.63, 3.8) is 0 Å². The molecule has 86 valence electrons. The molecule has 0 aliphatic rings. The van der Waals surface area contributed by atoms with Crippen molar-refractivity contribution in [1.82, 2.24) is 4.98 Å². The van der Waals surface area contributed by atoms with Crippen LogP contribution in [0.4, 0.5) is 13.9 Å². The molecule has 0 aliphatic carbocycles. The van der Waals surface area contributed by atoms with Gasteiger partial charge >= 0.3 is 0 Å². The Labute approximate surface area is 102 Å². The highest BCUT2D eigenvalue weighted by Gasteiger charge is 2.06. The van der Waals surface area contributed by atoms with E-state index in [9.17, 15) is 8.78 Å². The highest BCUT2D eigenvalue weighted by Crippen LogP contribution is 2.20. The normalized spacial score (nSPS) is 9.88. The molecule has 0 saturated heterocycles. The molecule has 2 aromatic rings. The maximum atomic E-state index is 13.3. The van der Waals surface area contributed by atoms with Crippen LogP contribution in [0, 0.1) is 11.6 Å². The van der Waals surface area contributed by atoms with Crippen molar-refractivity contribution in [3.8, 4) is 0 Å². The lowest BCUT2D eigenvalue weighted by atomic mass is 10.1. The first-order chi connectivity index (χ1) is 7.15. The van der Waals surface area contributed by atoms with Gasteiger partial charge in [-0.1, -0.05) is 6.07 Å². The highest BCUT2D eigenvalue weighted by molar-refractivity contribution is 7.15. The Bertz CT molecular complexity index is 487. The summed E-state index contributed by atoms with van der Waals surface area (Å²) >= 11 is 1.30. The molecule has 0 fully saturated rings. The highest BCUT2D eigenvalue weighted by atomic mass is 35.5. The van der Waals surface area contributed by atoms with E-state index in [1.807, 2.05) is 0 Å². The number of halogens is 3. The van der Waals surface area contributed by atoms with Crippen molar-refractivity contribution >= 4 is 28.9 Å². The first-order valence-corrected chi connectivity index (χ1v) is 5.11. The average Bonchev–Trinajstić information content (AvgIpc) is 2.56. The number of hydrogen-bond donors (Lipinski definition) is 1. The summed E-state index contributed by atoms with van der Waals surface area (Å²) in [6.45, 7) is 0. The molecule has 1 aromatic heterocycles. The molecule has 0 spiro atoms. The van der Waals surface area contributed by atoms with Crippen LogP contribution in [-0.2, 0) is 6.42 Å². The largest absolute Gasteiger partial charge is 0.375 e. The summed E-state index contributed by atoms with van der Waals surface area (Å²) in [6, 6.07) is 3.54. The number of nitrogen functional groups attached to an aromatic ring is 1. The van der Waals surface area contributed by atoms with Gasteiger partial charge in [0.15, 0.2) is 5.13 Å². The standard InChI is InChI=1S/C10H8F2N2S.ClH/c11-7-2-1-6(9(12)4-7)3-8-5-14-10(13)15-8;/h1-2,4-5H,3H2,(H2,13,14);1H. The van der Waals surface area contributed by atoms with Gasteiger partial charge in [-0.2, -0.15) is 0 Å². The molecule has 0 atom stereocenters. The lowest BCUT2D eigenvalue weighted by Gasteiger charge is -2.00. The lowest BCUT2D eigenvalue weighted by Crippen LogP contribution is -1.91. The summed E-state index contributed by atoms with van der Waals surface area (Å²) in [6.07, 6.45) is 1.99. The number of rotatable bonds is 2. The van der Waals surface area contributed by atoms with Gasteiger partial charge in [0, 0.05) is 23.6 Å². The van der Waals surface area contributed by atoms with E-state index in [1.54, 1.807) is 6.20 Å². The molecule has 2 nitrogen and oxygen atoms in total. The van der Waals surface area contributed by atoms with Gasteiger partial charge in [-0.15, -0.1) is 23.7 Å². The van der Waals surface area contributed by atoms with Crippen LogP contribution >= 0.6 is 23.7 Å². The fraction of sp³-hybridized carbons (Fsp3) is 0.100. The Hall–Kier alpha value is -1.20. The molecule has 1 aromatic carbocycles. The van der Waals surface area contributed by atoms with Crippen LogP contribution in [0.15, 0.2) is 24.4 Å². The SMILES string of the molecule is Cl.Nc1ncc(Cc2ccc(F)cc2F)s1. The zero-order valence-electron chi connectivity index (χ0n) is 8.11. The Morgan fingerprint density at radius 2 is 2.06 bits per heavy atom. The number of benzene rings is 1. The Balaban J connectivity index is 0.00000128. The molecule has 0 aliphatic heterocycles. The van der Waals surface area contributed by atoms with E-state index in [0.29, 0.717) is 17.1 Å².